The second-order valence-electron chi connectivity index (χ2n) is 5.99. The first-order valence-corrected chi connectivity index (χ1v) is 8.97. The standard InChI is InChI=1S/C18H20BrN3O4/c1-3-11(2)17(18(25)26)20-15(23)10-22-16(24)9-8-14(21-22)12-4-6-13(19)7-5-12/h4-9,11,17H,3,10H2,1-2H3,(H,20,23)(H,25,26). The number of aliphatic carboxylic acids is 1. The number of carbonyl (C=O) groups excluding carboxylic acids is 1. The number of carbonyl (C=O) groups is 2. The lowest BCUT2D eigenvalue weighted by atomic mass is 9.99. The van der Waals surface area contributed by atoms with Gasteiger partial charge in [0.25, 0.3) is 5.56 Å². The lowest BCUT2D eigenvalue weighted by Crippen LogP contribution is -2.47. The lowest BCUT2D eigenvalue weighted by molar-refractivity contribution is -0.143. The van der Waals surface area contributed by atoms with Crippen LogP contribution in [0.15, 0.2) is 45.7 Å². The Morgan fingerprint density at radius 1 is 1.23 bits per heavy atom. The van der Waals surface area contributed by atoms with E-state index in [2.05, 4.69) is 26.3 Å². The minimum atomic E-state index is -1.10. The van der Waals surface area contributed by atoms with E-state index < -0.39 is 23.5 Å². The van der Waals surface area contributed by atoms with E-state index in [1.807, 2.05) is 31.2 Å². The Balaban J connectivity index is 2.19. The molecule has 0 fully saturated rings. The van der Waals surface area contributed by atoms with E-state index in [-0.39, 0.29) is 12.5 Å². The molecular weight excluding hydrogens is 402 g/mol. The van der Waals surface area contributed by atoms with E-state index >= 15 is 0 Å². The molecule has 0 aliphatic carbocycles. The van der Waals surface area contributed by atoms with Crippen LogP contribution in [0.4, 0.5) is 0 Å². The average Bonchev–Trinajstić information content (AvgIpc) is 2.61. The van der Waals surface area contributed by atoms with Crippen LogP contribution >= 0.6 is 15.9 Å². The Hall–Kier alpha value is -2.48. The summed E-state index contributed by atoms with van der Waals surface area (Å²) in [6.45, 7) is 3.25. The average molecular weight is 422 g/mol. The van der Waals surface area contributed by atoms with Crippen molar-refractivity contribution in [2.45, 2.75) is 32.9 Å². The molecule has 0 aliphatic rings. The predicted molar refractivity (Wildman–Crippen MR) is 101 cm³/mol. The fourth-order valence-electron chi connectivity index (χ4n) is 2.38. The Labute approximate surface area is 159 Å². The highest BCUT2D eigenvalue weighted by atomic mass is 79.9. The zero-order valence-corrected chi connectivity index (χ0v) is 16.1. The van der Waals surface area contributed by atoms with Gasteiger partial charge in [0.1, 0.15) is 12.6 Å². The zero-order chi connectivity index (χ0) is 19.3. The van der Waals surface area contributed by atoms with Crippen LogP contribution < -0.4 is 10.9 Å². The molecule has 0 saturated heterocycles. The number of hydrogen-bond donors (Lipinski definition) is 2. The number of carboxylic acid groups (broad SMARTS) is 1. The fourth-order valence-corrected chi connectivity index (χ4v) is 2.64. The molecule has 2 unspecified atom stereocenters. The highest BCUT2D eigenvalue weighted by molar-refractivity contribution is 9.10. The molecule has 1 heterocycles. The van der Waals surface area contributed by atoms with Crippen LogP contribution in [0.3, 0.4) is 0 Å². The first kappa shape index (κ1) is 19.8. The minimum absolute atomic E-state index is 0.227. The van der Waals surface area contributed by atoms with Gasteiger partial charge in [-0.25, -0.2) is 9.48 Å². The molecule has 0 bridgehead atoms. The zero-order valence-electron chi connectivity index (χ0n) is 14.5. The number of halogens is 1. The van der Waals surface area contributed by atoms with Gasteiger partial charge in [0.2, 0.25) is 5.91 Å². The van der Waals surface area contributed by atoms with Gasteiger partial charge in [-0.1, -0.05) is 48.3 Å². The summed E-state index contributed by atoms with van der Waals surface area (Å²) in [5, 5.41) is 15.9. The molecule has 1 aromatic heterocycles. The molecule has 0 spiro atoms. The van der Waals surface area contributed by atoms with Gasteiger partial charge in [0, 0.05) is 16.1 Å². The third-order valence-electron chi connectivity index (χ3n) is 4.10. The van der Waals surface area contributed by atoms with E-state index in [1.54, 1.807) is 13.0 Å². The third-order valence-corrected chi connectivity index (χ3v) is 4.62. The van der Waals surface area contributed by atoms with Crippen molar-refractivity contribution in [2.24, 2.45) is 5.92 Å². The maximum Gasteiger partial charge on any atom is 0.326 e. The van der Waals surface area contributed by atoms with Gasteiger partial charge in [0.05, 0.1) is 5.69 Å². The first-order chi connectivity index (χ1) is 12.3. The largest absolute Gasteiger partial charge is 0.480 e. The topological polar surface area (TPSA) is 101 Å². The van der Waals surface area contributed by atoms with Crippen LogP contribution in [0.5, 0.6) is 0 Å². The minimum Gasteiger partial charge on any atom is -0.480 e. The molecule has 2 rings (SSSR count). The number of carboxylic acids is 1. The van der Waals surface area contributed by atoms with Gasteiger partial charge in [-0.15, -0.1) is 0 Å². The van der Waals surface area contributed by atoms with Gasteiger partial charge in [-0.3, -0.25) is 9.59 Å². The maximum absolute atomic E-state index is 12.2. The van der Waals surface area contributed by atoms with E-state index in [0.717, 1.165) is 14.7 Å². The first-order valence-electron chi connectivity index (χ1n) is 8.18. The summed E-state index contributed by atoms with van der Waals surface area (Å²) in [7, 11) is 0. The molecular formula is C18H20BrN3O4. The van der Waals surface area contributed by atoms with Crippen molar-refractivity contribution < 1.29 is 14.7 Å². The van der Waals surface area contributed by atoms with E-state index in [1.165, 1.54) is 6.07 Å². The van der Waals surface area contributed by atoms with E-state index in [0.29, 0.717) is 12.1 Å². The molecule has 0 saturated carbocycles. The number of nitrogens with one attached hydrogen (secondary N) is 1. The highest BCUT2D eigenvalue weighted by Crippen LogP contribution is 2.18. The molecule has 1 aromatic carbocycles. The summed E-state index contributed by atoms with van der Waals surface area (Å²) in [5.41, 5.74) is 0.906. The maximum atomic E-state index is 12.2. The summed E-state index contributed by atoms with van der Waals surface area (Å²) in [6.07, 6.45) is 0.606. The molecule has 1 amide bonds. The predicted octanol–water partition coefficient (Wildman–Crippen LogP) is 2.29. The van der Waals surface area contributed by atoms with Gasteiger partial charge in [-0.2, -0.15) is 5.10 Å². The van der Waals surface area contributed by atoms with Gasteiger partial charge < -0.3 is 10.4 Å². The third kappa shape index (κ3) is 5.01. The number of amides is 1. The Kier molecular flexibility index (Phi) is 6.68. The van der Waals surface area contributed by atoms with Crippen molar-refractivity contribution in [3.63, 3.8) is 0 Å². The summed E-state index contributed by atoms with van der Waals surface area (Å²) in [4.78, 5) is 35.5. The number of rotatable bonds is 7. The van der Waals surface area contributed by atoms with E-state index in [4.69, 9.17) is 0 Å². The molecule has 138 valence electrons. The summed E-state index contributed by atoms with van der Waals surface area (Å²) < 4.78 is 1.95. The van der Waals surface area contributed by atoms with E-state index in [9.17, 15) is 19.5 Å². The molecule has 2 N–H and O–H groups in total. The Bertz CT molecular complexity index is 848. The molecule has 8 heteroatoms. The summed E-state index contributed by atoms with van der Waals surface area (Å²) in [5.74, 6) is -1.90. The van der Waals surface area contributed by atoms with Crippen LogP contribution in [-0.2, 0) is 16.1 Å². The Morgan fingerprint density at radius 2 is 1.88 bits per heavy atom. The van der Waals surface area contributed by atoms with Crippen molar-refractivity contribution >= 4 is 27.8 Å². The van der Waals surface area contributed by atoms with Crippen LogP contribution in [0, 0.1) is 5.92 Å². The van der Waals surface area contributed by atoms with Crippen LogP contribution in [0.25, 0.3) is 11.3 Å². The van der Waals surface area contributed by atoms with Gasteiger partial charge in [0.15, 0.2) is 0 Å². The van der Waals surface area contributed by atoms with Crippen LogP contribution in [0.1, 0.15) is 20.3 Å². The second-order valence-corrected chi connectivity index (χ2v) is 6.91. The monoisotopic (exact) mass is 421 g/mol. The SMILES string of the molecule is CCC(C)C(NC(=O)Cn1nc(-c2ccc(Br)cc2)ccc1=O)C(=O)O. The van der Waals surface area contributed by atoms with Crippen molar-refractivity contribution in [3.05, 3.63) is 51.2 Å². The fraction of sp³-hybridized carbons (Fsp3) is 0.333. The molecule has 2 atom stereocenters. The van der Waals surface area contributed by atoms with Crippen molar-refractivity contribution in [2.75, 3.05) is 0 Å². The molecule has 0 radical (unpaired) electrons. The Morgan fingerprint density at radius 3 is 2.46 bits per heavy atom. The number of aromatic nitrogens is 2. The normalized spacial score (nSPS) is 13.0. The van der Waals surface area contributed by atoms with Crippen molar-refractivity contribution in [3.8, 4) is 11.3 Å². The number of hydrogen-bond acceptors (Lipinski definition) is 4. The van der Waals surface area contributed by atoms with Crippen LogP contribution in [-0.4, -0.2) is 32.8 Å². The summed E-state index contributed by atoms with van der Waals surface area (Å²) in [6, 6.07) is 9.29. The molecule has 7 nitrogen and oxygen atoms in total. The smallest absolute Gasteiger partial charge is 0.326 e. The second kappa shape index (κ2) is 8.75. The molecule has 26 heavy (non-hydrogen) atoms. The summed E-state index contributed by atoms with van der Waals surface area (Å²) >= 11 is 3.35. The van der Waals surface area contributed by atoms with Crippen molar-refractivity contribution in [1.82, 2.24) is 15.1 Å². The van der Waals surface area contributed by atoms with Gasteiger partial charge in [-0.05, 0) is 24.1 Å². The van der Waals surface area contributed by atoms with Crippen LogP contribution in [0.2, 0.25) is 0 Å². The number of nitrogens with zero attached hydrogens (tertiary/aromatic N) is 2. The lowest BCUT2D eigenvalue weighted by Gasteiger charge is -2.20. The van der Waals surface area contributed by atoms with Crippen molar-refractivity contribution in [1.29, 1.82) is 0 Å². The number of benzene rings is 1. The quantitative estimate of drug-likeness (QED) is 0.713. The molecule has 0 aliphatic heterocycles. The molecule has 2 aromatic rings. The highest BCUT2D eigenvalue weighted by Gasteiger charge is 2.25. The van der Waals surface area contributed by atoms with Gasteiger partial charge >= 0.3 is 5.97 Å².